The van der Waals surface area contributed by atoms with Crippen molar-refractivity contribution < 1.29 is 0 Å². The van der Waals surface area contributed by atoms with Gasteiger partial charge in [-0.15, -0.1) is 0 Å². The first-order valence-electron chi connectivity index (χ1n) is 4.63. The third-order valence-corrected chi connectivity index (χ3v) is 2.57. The Labute approximate surface area is 82.4 Å². The van der Waals surface area contributed by atoms with Crippen LogP contribution in [0.1, 0.15) is 6.92 Å². The van der Waals surface area contributed by atoms with Crippen molar-refractivity contribution in [2.45, 2.75) is 6.92 Å². The van der Waals surface area contributed by atoms with Crippen molar-refractivity contribution in [3.63, 3.8) is 0 Å². The van der Waals surface area contributed by atoms with Crippen LogP contribution in [0.2, 0.25) is 0 Å². The fourth-order valence-corrected chi connectivity index (χ4v) is 1.36. The van der Waals surface area contributed by atoms with E-state index in [2.05, 4.69) is 41.0 Å². The number of hydrogen-bond donors (Lipinski definition) is 1. The normalized spacial score (nSPS) is 12.2. The van der Waals surface area contributed by atoms with Crippen LogP contribution in [-0.4, -0.2) is 40.6 Å². The first kappa shape index (κ1) is 9.08. The van der Waals surface area contributed by atoms with E-state index in [9.17, 15) is 0 Å². The predicted molar refractivity (Wildman–Crippen MR) is 55.9 cm³/mol. The topological polar surface area (TPSA) is 54.5 Å². The predicted octanol–water partition coefficient (Wildman–Crippen LogP) is 0.940. The van der Waals surface area contributed by atoms with Crippen LogP contribution >= 0.6 is 0 Å². The molecule has 5 nitrogen and oxygen atoms in total. The van der Waals surface area contributed by atoms with Crippen molar-refractivity contribution in [1.82, 2.24) is 24.4 Å². The smallest absolute Gasteiger partial charge is 0.256 e. The molecule has 74 valence electrons. The average molecular weight is 192 g/mol. The van der Waals surface area contributed by atoms with Crippen LogP contribution in [0.3, 0.4) is 0 Å². The summed E-state index contributed by atoms with van der Waals surface area (Å²) in [5.41, 5.74) is 1.66. The summed E-state index contributed by atoms with van der Waals surface area (Å²) in [6.07, 6.45) is 3.21. The van der Waals surface area contributed by atoms with E-state index in [1.165, 1.54) is 0 Å². The molecule has 2 aromatic rings. The summed E-state index contributed by atoms with van der Waals surface area (Å²) in [7, 11) is 4.23. The molecule has 0 saturated heterocycles. The second-order valence-electron chi connectivity index (χ2n) is 3.80. The van der Waals surface area contributed by atoms with E-state index in [1.54, 1.807) is 12.7 Å². The Balaban J connectivity index is 2.67. The molecule has 2 rings (SSSR count). The van der Waals surface area contributed by atoms with Gasteiger partial charge in [0.2, 0.25) is 0 Å². The van der Waals surface area contributed by atoms with Crippen molar-refractivity contribution in [3.05, 3.63) is 12.7 Å². The summed E-state index contributed by atoms with van der Waals surface area (Å²) < 4.78 is 0.723. The fourth-order valence-electron chi connectivity index (χ4n) is 1.36. The summed E-state index contributed by atoms with van der Waals surface area (Å²) >= 11 is 0. The van der Waals surface area contributed by atoms with E-state index in [4.69, 9.17) is 0 Å². The lowest BCUT2D eigenvalue weighted by Gasteiger charge is -2.25. The van der Waals surface area contributed by atoms with Crippen LogP contribution in [0.5, 0.6) is 0 Å². The molecule has 5 heteroatoms. The molecule has 0 radical (unpaired) electrons. The molecule has 2 heterocycles. The first-order valence-corrected chi connectivity index (χ1v) is 4.63. The molecule has 0 spiro atoms. The molecule has 14 heavy (non-hydrogen) atoms. The lowest BCUT2D eigenvalue weighted by molar-refractivity contribution is 0.412. The van der Waals surface area contributed by atoms with Gasteiger partial charge in [-0.25, -0.2) is 9.97 Å². The van der Waals surface area contributed by atoms with Crippen LogP contribution in [-0.2, 0) is 0 Å². The van der Waals surface area contributed by atoms with Gasteiger partial charge in [0.15, 0.2) is 11.2 Å². The number of aromatic nitrogens is 4. The molecule has 0 bridgehead atoms. The summed E-state index contributed by atoms with van der Waals surface area (Å²) in [6.45, 7) is 3.11. The number of nitrogens with one attached hydrogen (secondary N) is 1. The molecule has 0 aliphatic heterocycles. The Morgan fingerprint density at radius 2 is 2.07 bits per heavy atom. The molecule has 1 N–H and O–H groups in total. The Morgan fingerprint density at radius 1 is 1.29 bits per heavy atom. The molecule has 0 saturated carbocycles. The number of nitrogens with zero attached hydrogens (tertiary/aromatic N) is 4. The van der Waals surface area contributed by atoms with Gasteiger partial charge < -0.3 is 4.98 Å². The van der Waals surface area contributed by atoms with Crippen LogP contribution in [0.25, 0.3) is 11.2 Å². The van der Waals surface area contributed by atoms with Gasteiger partial charge in [0.1, 0.15) is 6.33 Å². The number of quaternary nitrogens is 1. The number of hydrogen-bond acceptors (Lipinski definition) is 3. The maximum atomic E-state index is 4.31. The lowest BCUT2D eigenvalue weighted by atomic mass is 10.4. The van der Waals surface area contributed by atoms with Crippen molar-refractivity contribution in [2.24, 2.45) is 0 Å². The minimum atomic E-state index is 0.723. The lowest BCUT2D eigenvalue weighted by Crippen LogP contribution is -2.41. The Bertz CT molecular complexity index is 445. The molecule has 0 fully saturated rings. The molecule has 0 amide bonds. The number of rotatable bonds is 2. The van der Waals surface area contributed by atoms with Gasteiger partial charge in [0.25, 0.3) is 5.82 Å². The van der Waals surface area contributed by atoms with Crippen molar-refractivity contribution in [1.29, 1.82) is 0 Å². The highest BCUT2D eigenvalue weighted by molar-refractivity contribution is 5.81. The molecule has 0 aliphatic rings. The molecule has 0 atom stereocenters. The number of imidazole rings is 1. The quantitative estimate of drug-likeness (QED) is 0.720. The summed E-state index contributed by atoms with van der Waals surface area (Å²) in [5, 5.41) is 0. The second-order valence-corrected chi connectivity index (χ2v) is 3.80. The van der Waals surface area contributed by atoms with E-state index in [0.717, 1.165) is 28.0 Å². The summed E-state index contributed by atoms with van der Waals surface area (Å²) in [4.78, 5) is 15.6. The van der Waals surface area contributed by atoms with Crippen molar-refractivity contribution >= 4 is 17.0 Å². The minimum Gasteiger partial charge on any atom is -0.337 e. The highest BCUT2D eigenvalue weighted by Gasteiger charge is 2.22. The third-order valence-electron chi connectivity index (χ3n) is 2.57. The Morgan fingerprint density at radius 3 is 2.79 bits per heavy atom. The highest BCUT2D eigenvalue weighted by Crippen LogP contribution is 2.22. The first-order chi connectivity index (χ1) is 6.65. The highest BCUT2D eigenvalue weighted by atomic mass is 15.4. The van der Waals surface area contributed by atoms with E-state index in [-0.39, 0.29) is 0 Å². The van der Waals surface area contributed by atoms with E-state index < -0.39 is 0 Å². The van der Waals surface area contributed by atoms with Crippen molar-refractivity contribution in [2.75, 3.05) is 20.6 Å². The van der Waals surface area contributed by atoms with Crippen LogP contribution < -0.4 is 4.48 Å². The molecule has 0 unspecified atom stereocenters. The zero-order chi connectivity index (χ0) is 10.2. The van der Waals surface area contributed by atoms with E-state index >= 15 is 0 Å². The third kappa shape index (κ3) is 1.26. The van der Waals surface area contributed by atoms with Crippen LogP contribution in [0, 0.1) is 0 Å². The van der Waals surface area contributed by atoms with E-state index in [0.29, 0.717) is 0 Å². The van der Waals surface area contributed by atoms with Crippen LogP contribution in [0.15, 0.2) is 12.7 Å². The van der Waals surface area contributed by atoms with E-state index in [1.807, 2.05) is 0 Å². The number of fused-ring (bicyclic) bond motifs is 1. The number of H-pyrrole nitrogens is 1. The number of aromatic amines is 1. The second kappa shape index (κ2) is 3.02. The summed E-state index contributed by atoms with van der Waals surface area (Å²) in [6, 6.07) is 0. The van der Waals surface area contributed by atoms with Gasteiger partial charge in [-0.05, 0) is 6.92 Å². The van der Waals surface area contributed by atoms with Gasteiger partial charge in [-0.3, -0.25) is 4.48 Å². The van der Waals surface area contributed by atoms with Gasteiger partial charge >= 0.3 is 0 Å². The monoisotopic (exact) mass is 192 g/mol. The standard InChI is InChI=1S/C9H14N5/c1-4-14(2,3)9-7-8(11-5-10-7)12-6-13-9/h5-6H,4H2,1-3H3,(H,10,11,12,13)/q+1. The molecular formula is C9H14N5+. The maximum Gasteiger partial charge on any atom is 0.256 e. The van der Waals surface area contributed by atoms with Gasteiger partial charge in [-0.2, -0.15) is 4.98 Å². The van der Waals surface area contributed by atoms with Crippen LogP contribution in [0.4, 0.5) is 5.82 Å². The molecule has 0 aromatic carbocycles. The van der Waals surface area contributed by atoms with Gasteiger partial charge in [0, 0.05) is 0 Å². The zero-order valence-electron chi connectivity index (χ0n) is 8.65. The maximum absolute atomic E-state index is 4.31. The Hall–Kier alpha value is -1.49. The summed E-state index contributed by atoms with van der Waals surface area (Å²) in [5.74, 6) is 0.981. The largest absolute Gasteiger partial charge is 0.337 e. The Kier molecular flexibility index (Phi) is 1.96. The fraction of sp³-hybridized carbons (Fsp3) is 0.444. The van der Waals surface area contributed by atoms with Crippen molar-refractivity contribution in [3.8, 4) is 0 Å². The minimum absolute atomic E-state index is 0.723. The SMILES string of the molecule is CC[N+](C)(C)c1ncnc2nc[nH]c12. The average Bonchev–Trinajstić information content (AvgIpc) is 2.64. The van der Waals surface area contributed by atoms with Gasteiger partial charge in [0.05, 0.1) is 27.0 Å². The molecular weight excluding hydrogens is 178 g/mol. The zero-order valence-corrected chi connectivity index (χ0v) is 8.65. The molecule has 0 aliphatic carbocycles. The molecule has 2 aromatic heterocycles. The van der Waals surface area contributed by atoms with Gasteiger partial charge in [-0.1, -0.05) is 0 Å².